The van der Waals surface area contributed by atoms with Crippen LogP contribution in [-0.4, -0.2) is 6.08 Å². The Morgan fingerprint density at radius 3 is 1.53 bits per heavy atom. The van der Waals surface area contributed by atoms with E-state index >= 15 is 0 Å². The van der Waals surface area contributed by atoms with Crippen molar-refractivity contribution in [1.82, 2.24) is 0 Å². The SMILES string of the molecule is N=C=O.[2H]c1ccc(CCc2ccc([2H])cc2)cc1. The second-order valence-electron chi connectivity index (χ2n) is 3.42. The first-order valence-corrected chi connectivity index (χ1v) is 5.30. The van der Waals surface area contributed by atoms with Gasteiger partial charge in [-0.3, -0.25) is 0 Å². The minimum atomic E-state index is 0.558. The zero-order valence-electron chi connectivity index (χ0n) is 11.4. The van der Waals surface area contributed by atoms with Gasteiger partial charge in [0.2, 0.25) is 6.08 Å². The van der Waals surface area contributed by atoms with E-state index in [9.17, 15) is 0 Å². The fourth-order valence-corrected chi connectivity index (χ4v) is 1.46. The van der Waals surface area contributed by atoms with Gasteiger partial charge in [-0.2, -0.15) is 0 Å². The molecule has 86 valence electrons. The third-order valence-electron chi connectivity index (χ3n) is 2.28. The predicted octanol–water partition coefficient (Wildman–Crippen LogP) is 3.37. The predicted molar refractivity (Wildman–Crippen MR) is 68.7 cm³/mol. The molecule has 0 radical (unpaired) electrons. The summed E-state index contributed by atoms with van der Waals surface area (Å²) in [6.45, 7) is 0. The summed E-state index contributed by atoms with van der Waals surface area (Å²) in [5.41, 5.74) is 2.51. The van der Waals surface area contributed by atoms with Crippen LogP contribution in [0.1, 0.15) is 13.9 Å². The zero-order chi connectivity index (χ0) is 14.1. The van der Waals surface area contributed by atoms with Crippen molar-refractivity contribution in [3.8, 4) is 0 Å². The summed E-state index contributed by atoms with van der Waals surface area (Å²) in [7, 11) is 0. The minimum absolute atomic E-state index is 0.558. The zero-order valence-corrected chi connectivity index (χ0v) is 9.44. The first kappa shape index (κ1) is 10.0. The summed E-state index contributed by atoms with van der Waals surface area (Å²) >= 11 is 0. The van der Waals surface area contributed by atoms with E-state index in [0.717, 1.165) is 18.9 Å². The highest BCUT2D eigenvalue weighted by atomic mass is 16.1. The third-order valence-corrected chi connectivity index (χ3v) is 2.28. The van der Waals surface area contributed by atoms with E-state index in [4.69, 9.17) is 12.9 Å². The van der Waals surface area contributed by atoms with Gasteiger partial charge in [-0.05, 0) is 24.0 Å². The molecule has 0 bridgehead atoms. The van der Waals surface area contributed by atoms with Crippen LogP contribution < -0.4 is 0 Å². The van der Waals surface area contributed by atoms with E-state index in [2.05, 4.69) is 0 Å². The van der Waals surface area contributed by atoms with Crippen molar-refractivity contribution >= 4 is 6.08 Å². The van der Waals surface area contributed by atoms with Crippen LogP contribution >= 0.6 is 0 Å². The number of aryl methyl sites for hydroxylation is 2. The summed E-state index contributed by atoms with van der Waals surface area (Å²) < 4.78 is 14.8. The van der Waals surface area contributed by atoms with Crippen molar-refractivity contribution < 1.29 is 7.54 Å². The number of hydrogen-bond acceptors (Lipinski definition) is 2. The first-order valence-electron chi connectivity index (χ1n) is 6.30. The van der Waals surface area contributed by atoms with Crippen molar-refractivity contribution in [2.24, 2.45) is 0 Å². The molecule has 2 aromatic carbocycles. The molecule has 0 atom stereocenters. The summed E-state index contributed by atoms with van der Waals surface area (Å²) in [5.74, 6) is 0. The average Bonchev–Trinajstić information content (AvgIpc) is 2.41. The van der Waals surface area contributed by atoms with Crippen LogP contribution in [0.3, 0.4) is 0 Å². The number of carbonyl (C=O) groups excluding carboxylic acids is 1. The van der Waals surface area contributed by atoms with Crippen molar-refractivity contribution in [1.29, 1.82) is 5.41 Å². The lowest BCUT2D eigenvalue weighted by Gasteiger charge is -2.01. The van der Waals surface area contributed by atoms with Crippen molar-refractivity contribution in [2.45, 2.75) is 12.8 Å². The topological polar surface area (TPSA) is 40.9 Å². The van der Waals surface area contributed by atoms with Gasteiger partial charge in [0.05, 0.1) is 2.74 Å². The molecule has 0 amide bonds. The largest absolute Gasteiger partial charge is 0.231 e. The summed E-state index contributed by atoms with van der Waals surface area (Å²) in [5, 5.41) is 5.40. The highest BCUT2D eigenvalue weighted by molar-refractivity contribution is 5.26. The van der Waals surface area contributed by atoms with Crippen LogP contribution in [0.15, 0.2) is 60.6 Å². The van der Waals surface area contributed by atoms with Gasteiger partial charge in [-0.1, -0.05) is 60.6 Å². The Morgan fingerprint density at radius 1 is 0.941 bits per heavy atom. The summed E-state index contributed by atoms with van der Waals surface area (Å²) in [4.78, 5) is 8.35. The molecule has 0 saturated carbocycles. The maximum atomic E-state index is 8.35. The normalized spacial score (nSPS) is 10.4. The van der Waals surface area contributed by atoms with E-state index < -0.39 is 0 Å². The molecule has 2 rings (SSSR count). The maximum absolute atomic E-state index is 8.35. The molecule has 2 heteroatoms. The standard InChI is InChI=1S/C14H14.CHNO/c1-3-7-13(8-4-1)11-12-14-9-5-2-6-10-14;2-1-3/h1-10H,11-12H2;2H/i1D,2D;. The van der Waals surface area contributed by atoms with Gasteiger partial charge in [0, 0.05) is 0 Å². The number of benzene rings is 2. The van der Waals surface area contributed by atoms with Crippen LogP contribution in [0.5, 0.6) is 0 Å². The van der Waals surface area contributed by atoms with Crippen molar-refractivity contribution in [3.05, 3.63) is 71.7 Å². The van der Waals surface area contributed by atoms with Crippen LogP contribution in [0.25, 0.3) is 0 Å². The number of nitrogens with one attached hydrogen (secondary N) is 1. The molecule has 0 spiro atoms. The molecule has 0 aliphatic rings. The Bertz CT molecular complexity index is 484. The van der Waals surface area contributed by atoms with E-state index in [1.54, 1.807) is 0 Å². The fraction of sp³-hybridized carbons (Fsp3) is 0.133. The van der Waals surface area contributed by atoms with Gasteiger partial charge >= 0.3 is 0 Å². The van der Waals surface area contributed by atoms with E-state index in [1.165, 1.54) is 11.1 Å². The first-order chi connectivity index (χ1) is 9.15. The lowest BCUT2D eigenvalue weighted by atomic mass is 10.0. The van der Waals surface area contributed by atoms with Gasteiger partial charge in [0.1, 0.15) is 0 Å². The molecule has 2 nitrogen and oxygen atoms in total. The van der Waals surface area contributed by atoms with Gasteiger partial charge in [0.25, 0.3) is 0 Å². The highest BCUT2D eigenvalue weighted by Gasteiger charge is 1.93. The van der Waals surface area contributed by atoms with Gasteiger partial charge in [-0.15, -0.1) is 0 Å². The Kier molecular flexibility index (Phi) is 4.72. The van der Waals surface area contributed by atoms with E-state index in [1.807, 2.05) is 48.5 Å². The lowest BCUT2D eigenvalue weighted by molar-refractivity contribution is 0.563. The Labute approximate surface area is 104 Å². The average molecular weight is 227 g/mol. The van der Waals surface area contributed by atoms with Crippen LogP contribution in [0.4, 0.5) is 0 Å². The molecule has 0 saturated heterocycles. The lowest BCUT2D eigenvalue weighted by Crippen LogP contribution is -1.89. The highest BCUT2D eigenvalue weighted by Crippen LogP contribution is 2.06. The molecular formula is C15H15NO. The molecule has 0 heterocycles. The van der Waals surface area contributed by atoms with Crippen molar-refractivity contribution in [3.63, 3.8) is 0 Å². The van der Waals surface area contributed by atoms with Crippen LogP contribution in [0, 0.1) is 5.41 Å². The van der Waals surface area contributed by atoms with Gasteiger partial charge < -0.3 is 0 Å². The molecule has 0 fully saturated rings. The molecule has 0 aromatic heterocycles. The van der Waals surface area contributed by atoms with Crippen LogP contribution in [0.2, 0.25) is 0 Å². The van der Waals surface area contributed by atoms with Crippen LogP contribution in [-0.2, 0) is 17.6 Å². The molecule has 1 N–H and O–H groups in total. The number of isocyanates is 1. The fourth-order valence-electron chi connectivity index (χ4n) is 1.46. The summed E-state index contributed by atoms with van der Waals surface area (Å²) in [6.07, 6.45) is 2.72. The minimum Gasteiger partial charge on any atom is -0.222 e. The van der Waals surface area contributed by atoms with Gasteiger partial charge in [0.15, 0.2) is 0 Å². The van der Waals surface area contributed by atoms with E-state index in [-0.39, 0.29) is 0 Å². The third kappa shape index (κ3) is 5.45. The molecule has 0 aliphatic heterocycles. The second-order valence-corrected chi connectivity index (χ2v) is 3.42. The monoisotopic (exact) mass is 227 g/mol. The van der Waals surface area contributed by atoms with Crippen molar-refractivity contribution in [2.75, 3.05) is 0 Å². The smallest absolute Gasteiger partial charge is 0.222 e. The van der Waals surface area contributed by atoms with E-state index in [0.29, 0.717) is 12.1 Å². The number of hydrogen-bond donors (Lipinski definition) is 1. The Balaban J connectivity index is 0.000000550. The van der Waals surface area contributed by atoms with Gasteiger partial charge in [-0.25, -0.2) is 10.2 Å². The Morgan fingerprint density at radius 2 is 1.24 bits per heavy atom. The molecular weight excluding hydrogens is 210 g/mol. The maximum Gasteiger partial charge on any atom is 0.231 e. The molecule has 2 aromatic rings. The second kappa shape index (κ2) is 8.03. The summed E-state index contributed by atoms with van der Waals surface area (Å²) in [6, 6.07) is 16.4. The molecule has 0 unspecified atom stereocenters. The molecule has 0 aliphatic carbocycles. The molecule has 17 heavy (non-hydrogen) atoms. The number of rotatable bonds is 3. The Hall–Kier alpha value is -2.18. The quantitative estimate of drug-likeness (QED) is 0.634.